The summed E-state index contributed by atoms with van der Waals surface area (Å²) in [5.74, 6) is -1.25. The van der Waals surface area contributed by atoms with Gasteiger partial charge in [0.1, 0.15) is 11.9 Å². The van der Waals surface area contributed by atoms with Gasteiger partial charge in [-0.3, -0.25) is 9.59 Å². The van der Waals surface area contributed by atoms with Crippen molar-refractivity contribution in [1.82, 2.24) is 5.32 Å². The number of unbranched alkanes of at least 4 members (excludes halogenated alkanes) is 1. The summed E-state index contributed by atoms with van der Waals surface area (Å²) in [5.41, 5.74) is 1.75. The van der Waals surface area contributed by atoms with E-state index in [9.17, 15) is 14.7 Å². The van der Waals surface area contributed by atoms with E-state index in [0.29, 0.717) is 11.4 Å². The smallest absolute Gasteiger partial charge is 0.313 e. The number of hydrogen-bond donors (Lipinski definition) is 3. The third-order valence-electron chi connectivity index (χ3n) is 3.56. The Hall–Kier alpha value is -2.60. The molecule has 2 rings (SSSR count). The Morgan fingerprint density at radius 3 is 2.54 bits per heavy atom. The highest BCUT2D eigenvalue weighted by Gasteiger charge is 2.17. The molecule has 0 aliphatic carbocycles. The van der Waals surface area contributed by atoms with Crippen molar-refractivity contribution in [3.8, 4) is 0 Å². The van der Waals surface area contributed by atoms with Gasteiger partial charge in [0.15, 0.2) is 0 Å². The number of anilines is 1. The first-order valence-electron chi connectivity index (χ1n) is 7.99. The highest BCUT2D eigenvalue weighted by molar-refractivity contribution is 6.39. The van der Waals surface area contributed by atoms with Crippen LogP contribution in [0.2, 0.25) is 0 Å². The average molecular weight is 330 g/mol. The van der Waals surface area contributed by atoms with Gasteiger partial charge in [0, 0.05) is 5.69 Å². The van der Waals surface area contributed by atoms with Crippen LogP contribution in [0.15, 0.2) is 47.1 Å². The summed E-state index contributed by atoms with van der Waals surface area (Å²) in [6, 6.07) is 10.6. The van der Waals surface area contributed by atoms with E-state index in [2.05, 4.69) is 17.6 Å². The Morgan fingerprint density at radius 2 is 1.92 bits per heavy atom. The maximum absolute atomic E-state index is 11.8. The predicted octanol–water partition coefficient (Wildman–Crippen LogP) is 2.41. The quantitative estimate of drug-likeness (QED) is 0.680. The first-order valence-corrected chi connectivity index (χ1v) is 7.99. The fourth-order valence-electron chi connectivity index (χ4n) is 2.17. The van der Waals surface area contributed by atoms with Crippen molar-refractivity contribution in [1.29, 1.82) is 0 Å². The Morgan fingerprint density at radius 1 is 1.17 bits per heavy atom. The van der Waals surface area contributed by atoms with Gasteiger partial charge in [-0.2, -0.15) is 0 Å². The molecule has 1 atom stereocenters. The number of hydrogen-bond acceptors (Lipinski definition) is 4. The van der Waals surface area contributed by atoms with Crippen molar-refractivity contribution in [3.63, 3.8) is 0 Å². The maximum atomic E-state index is 11.8. The number of amides is 2. The third-order valence-corrected chi connectivity index (χ3v) is 3.56. The molecule has 0 aliphatic rings. The molecule has 0 saturated heterocycles. The zero-order valence-electron chi connectivity index (χ0n) is 13.6. The number of carbonyl (C=O) groups is 2. The summed E-state index contributed by atoms with van der Waals surface area (Å²) < 4.78 is 5.02. The second-order valence-corrected chi connectivity index (χ2v) is 5.50. The molecule has 0 aliphatic heterocycles. The van der Waals surface area contributed by atoms with Crippen LogP contribution in [0.25, 0.3) is 0 Å². The number of benzene rings is 1. The highest BCUT2D eigenvalue weighted by atomic mass is 16.4. The van der Waals surface area contributed by atoms with Crippen LogP contribution in [-0.4, -0.2) is 23.5 Å². The van der Waals surface area contributed by atoms with Crippen molar-refractivity contribution < 1.29 is 19.1 Å². The van der Waals surface area contributed by atoms with Crippen LogP contribution >= 0.6 is 0 Å². The zero-order valence-corrected chi connectivity index (χ0v) is 13.6. The van der Waals surface area contributed by atoms with E-state index in [1.807, 2.05) is 12.1 Å². The minimum atomic E-state index is -0.991. The van der Waals surface area contributed by atoms with Gasteiger partial charge in [0.2, 0.25) is 0 Å². The normalized spacial score (nSPS) is 11.8. The highest BCUT2D eigenvalue weighted by Crippen LogP contribution is 2.13. The van der Waals surface area contributed by atoms with Gasteiger partial charge < -0.3 is 20.2 Å². The number of aliphatic hydroxyl groups is 1. The van der Waals surface area contributed by atoms with Gasteiger partial charge in [0.25, 0.3) is 0 Å². The summed E-state index contributed by atoms with van der Waals surface area (Å²) >= 11 is 0. The Bertz CT molecular complexity index is 650. The fraction of sp³-hybridized carbons (Fsp3) is 0.333. The zero-order chi connectivity index (χ0) is 17.4. The van der Waals surface area contributed by atoms with E-state index >= 15 is 0 Å². The standard InChI is InChI=1S/C18H22N2O4/c1-2-3-5-13-7-9-14(10-8-13)20-18(23)17(22)19-12-15(21)16-6-4-11-24-16/h4,6-11,15,21H,2-3,5,12H2,1H3,(H,19,22)(H,20,23). The minimum Gasteiger partial charge on any atom is -0.467 e. The van der Waals surface area contributed by atoms with Crippen LogP contribution in [0.3, 0.4) is 0 Å². The van der Waals surface area contributed by atoms with Gasteiger partial charge >= 0.3 is 11.8 Å². The van der Waals surface area contributed by atoms with Crippen molar-refractivity contribution in [2.24, 2.45) is 0 Å². The van der Waals surface area contributed by atoms with E-state index in [1.54, 1.807) is 24.3 Å². The number of rotatable bonds is 7. The predicted molar refractivity (Wildman–Crippen MR) is 90.4 cm³/mol. The minimum absolute atomic E-state index is 0.101. The molecule has 1 aromatic carbocycles. The lowest BCUT2D eigenvalue weighted by molar-refractivity contribution is -0.136. The van der Waals surface area contributed by atoms with Crippen molar-refractivity contribution in [2.45, 2.75) is 32.3 Å². The van der Waals surface area contributed by atoms with E-state index < -0.39 is 17.9 Å². The van der Waals surface area contributed by atoms with Gasteiger partial charge in [-0.1, -0.05) is 25.5 Å². The van der Waals surface area contributed by atoms with Crippen LogP contribution < -0.4 is 10.6 Å². The summed E-state index contributed by atoms with van der Waals surface area (Å²) in [6.45, 7) is 2.03. The maximum Gasteiger partial charge on any atom is 0.313 e. The molecule has 3 N–H and O–H groups in total. The van der Waals surface area contributed by atoms with Crippen LogP contribution in [0.5, 0.6) is 0 Å². The molecule has 2 amide bonds. The molecule has 24 heavy (non-hydrogen) atoms. The molecule has 0 saturated carbocycles. The molecule has 128 valence electrons. The molecular weight excluding hydrogens is 308 g/mol. The lowest BCUT2D eigenvalue weighted by Crippen LogP contribution is -2.37. The van der Waals surface area contributed by atoms with Crippen LogP contribution in [0.1, 0.15) is 37.2 Å². The molecule has 1 aromatic heterocycles. The van der Waals surface area contributed by atoms with Crippen molar-refractivity contribution in [3.05, 3.63) is 54.0 Å². The van der Waals surface area contributed by atoms with Gasteiger partial charge in [-0.25, -0.2) is 0 Å². The molecule has 0 radical (unpaired) electrons. The topological polar surface area (TPSA) is 91.6 Å². The SMILES string of the molecule is CCCCc1ccc(NC(=O)C(=O)NCC(O)c2ccco2)cc1. The molecule has 1 unspecified atom stereocenters. The van der Waals surface area contributed by atoms with Gasteiger partial charge in [0.05, 0.1) is 12.8 Å². The van der Waals surface area contributed by atoms with Crippen LogP contribution in [-0.2, 0) is 16.0 Å². The van der Waals surface area contributed by atoms with Crippen molar-refractivity contribution in [2.75, 3.05) is 11.9 Å². The number of furan rings is 1. The molecule has 6 heteroatoms. The largest absolute Gasteiger partial charge is 0.467 e. The van der Waals surface area contributed by atoms with E-state index in [-0.39, 0.29) is 6.54 Å². The van der Waals surface area contributed by atoms with Crippen molar-refractivity contribution >= 4 is 17.5 Å². The summed E-state index contributed by atoms with van der Waals surface area (Å²) in [4.78, 5) is 23.6. The molecule has 1 heterocycles. The first-order chi connectivity index (χ1) is 11.6. The second-order valence-electron chi connectivity index (χ2n) is 5.50. The lowest BCUT2D eigenvalue weighted by atomic mass is 10.1. The van der Waals surface area contributed by atoms with E-state index in [4.69, 9.17) is 4.42 Å². The molecule has 6 nitrogen and oxygen atoms in total. The number of carbonyl (C=O) groups excluding carboxylic acids is 2. The Labute approximate surface area is 140 Å². The second kappa shape index (κ2) is 8.88. The Balaban J connectivity index is 1.79. The Kier molecular flexibility index (Phi) is 6.57. The molecular formula is C18H22N2O4. The number of nitrogens with one attached hydrogen (secondary N) is 2. The summed E-state index contributed by atoms with van der Waals surface area (Å²) in [6.07, 6.45) is 3.68. The first kappa shape index (κ1) is 17.7. The summed E-state index contributed by atoms with van der Waals surface area (Å²) in [7, 11) is 0. The van der Waals surface area contributed by atoms with Crippen LogP contribution in [0.4, 0.5) is 5.69 Å². The lowest BCUT2D eigenvalue weighted by Gasteiger charge is -2.10. The van der Waals surface area contributed by atoms with E-state index in [0.717, 1.165) is 19.3 Å². The molecule has 0 bridgehead atoms. The molecule has 0 spiro atoms. The summed E-state index contributed by atoms with van der Waals surface area (Å²) in [5, 5.41) is 14.7. The van der Waals surface area contributed by atoms with Crippen LogP contribution in [0, 0.1) is 0 Å². The van der Waals surface area contributed by atoms with Gasteiger partial charge in [-0.15, -0.1) is 0 Å². The fourth-order valence-corrected chi connectivity index (χ4v) is 2.17. The van der Waals surface area contributed by atoms with Gasteiger partial charge in [-0.05, 0) is 42.7 Å². The number of aryl methyl sites for hydroxylation is 1. The monoisotopic (exact) mass is 330 g/mol. The molecule has 0 fully saturated rings. The molecule has 2 aromatic rings. The number of aliphatic hydroxyl groups excluding tert-OH is 1. The van der Waals surface area contributed by atoms with E-state index in [1.165, 1.54) is 11.8 Å². The average Bonchev–Trinajstić information content (AvgIpc) is 3.13. The third kappa shape index (κ3) is 5.24.